The molecule has 1 aromatic heterocycles. The molecule has 1 aliphatic rings. The lowest BCUT2D eigenvalue weighted by Gasteiger charge is -2.26. The van der Waals surface area contributed by atoms with Crippen LogP contribution in [0.1, 0.15) is 32.4 Å². The summed E-state index contributed by atoms with van der Waals surface area (Å²) in [5, 5.41) is 0. The van der Waals surface area contributed by atoms with E-state index in [0.29, 0.717) is 0 Å². The molecule has 8 heteroatoms. The van der Waals surface area contributed by atoms with Crippen LogP contribution in [0.25, 0.3) is 0 Å². The quantitative estimate of drug-likeness (QED) is 0.898. The zero-order chi connectivity index (χ0) is 15.0. The zero-order valence-corrected chi connectivity index (χ0v) is 12.6. The highest BCUT2D eigenvalue weighted by Gasteiger charge is 2.32. The highest BCUT2D eigenvalue weighted by atomic mass is 32.2. The molecule has 2 rings (SSSR count). The molecule has 7 nitrogen and oxygen atoms in total. The minimum Gasteiger partial charge on any atom is -0.478 e. The number of amidine groups is 1. The molecular weight excluding hydrogens is 282 g/mol. The van der Waals surface area contributed by atoms with Crippen LogP contribution in [0.2, 0.25) is 0 Å². The Kier molecular flexibility index (Phi) is 3.59. The van der Waals surface area contributed by atoms with Crippen LogP contribution in [0.4, 0.5) is 0 Å². The second-order valence-corrected chi connectivity index (χ2v) is 6.82. The van der Waals surface area contributed by atoms with Gasteiger partial charge in [0.1, 0.15) is 0 Å². The van der Waals surface area contributed by atoms with Crippen LogP contribution >= 0.6 is 0 Å². The van der Waals surface area contributed by atoms with E-state index in [2.05, 4.69) is 14.1 Å². The summed E-state index contributed by atoms with van der Waals surface area (Å²) in [6.07, 6.45) is 3.14. The van der Waals surface area contributed by atoms with Gasteiger partial charge in [0.2, 0.25) is 5.84 Å². The van der Waals surface area contributed by atoms with Gasteiger partial charge in [0.25, 0.3) is 5.90 Å². The Balaban J connectivity index is 2.43. The Bertz CT molecular complexity index is 639. The average molecular weight is 299 g/mol. The minimum atomic E-state index is -3.76. The topological polar surface area (TPSA) is 93.3 Å². The maximum absolute atomic E-state index is 11.4. The van der Waals surface area contributed by atoms with Gasteiger partial charge in [0.05, 0.1) is 25.7 Å². The molecule has 1 aliphatic heterocycles. The fourth-order valence-electron chi connectivity index (χ4n) is 1.88. The second kappa shape index (κ2) is 4.93. The van der Waals surface area contributed by atoms with E-state index in [1.165, 1.54) is 7.11 Å². The first-order chi connectivity index (χ1) is 9.23. The molecule has 2 heterocycles. The highest BCUT2D eigenvalue weighted by molar-refractivity contribution is 7.89. The zero-order valence-electron chi connectivity index (χ0n) is 11.7. The van der Waals surface area contributed by atoms with Crippen molar-refractivity contribution in [3.8, 4) is 0 Å². The Morgan fingerprint density at radius 2 is 2.15 bits per heavy atom. The molecule has 0 aromatic carbocycles. The molecule has 0 radical (unpaired) electrons. The van der Waals surface area contributed by atoms with Gasteiger partial charge < -0.3 is 9.15 Å². The molecule has 20 heavy (non-hydrogen) atoms. The molecule has 0 bridgehead atoms. The van der Waals surface area contributed by atoms with Gasteiger partial charge in [-0.1, -0.05) is 20.8 Å². The van der Waals surface area contributed by atoms with Gasteiger partial charge in [-0.25, -0.2) is 4.72 Å². The van der Waals surface area contributed by atoms with Crippen LogP contribution in [-0.2, 0) is 14.9 Å². The first-order valence-corrected chi connectivity index (χ1v) is 7.44. The predicted molar refractivity (Wildman–Crippen MR) is 74.8 cm³/mol. The van der Waals surface area contributed by atoms with Crippen molar-refractivity contribution >= 4 is 21.9 Å². The summed E-state index contributed by atoms with van der Waals surface area (Å²) in [5.41, 5.74) is 0.621. The smallest absolute Gasteiger partial charge is 0.347 e. The summed E-state index contributed by atoms with van der Waals surface area (Å²) in [6.45, 7) is 6.01. The molecule has 1 N–H and O–H groups in total. The van der Waals surface area contributed by atoms with Crippen LogP contribution in [0.5, 0.6) is 0 Å². The SMILES string of the molecule is COC1=NS(=O)(=O)NC1=N[C@@H](c1ccoc1)C(C)(C)C. The monoisotopic (exact) mass is 299 g/mol. The van der Waals surface area contributed by atoms with E-state index in [4.69, 9.17) is 9.15 Å². The van der Waals surface area contributed by atoms with Gasteiger partial charge in [-0.05, 0) is 11.5 Å². The van der Waals surface area contributed by atoms with E-state index in [1.54, 1.807) is 18.6 Å². The molecule has 0 aliphatic carbocycles. The van der Waals surface area contributed by atoms with Crippen molar-refractivity contribution in [3.63, 3.8) is 0 Å². The van der Waals surface area contributed by atoms with Crippen molar-refractivity contribution in [1.82, 2.24) is 4.72 Å². The summed E-state index contributed by atoms with van der Waals surface area (Å²) in [5.74, 6) is 0.0661. The van der Waals surface area contributed by atoms with E-state index in [0.717, 1.165) is 5.56 Å². The van der Waals surface area contributed by atoms with E-state index in [-0.39, 0.29) is 23.2 Å². The van der Waals surface area contributed by atoms with Crippen LogP contribution in [0, 0.1) is 5.41 Å². The number of hydrogen-bond acceptors (Lipinski definition) is 5. The lowest BCUT2D eigenvalue weighted by molar-refractivity contribution is 0.326. The maximum Gasteiger partial charge on any atom is 0.347 e. The van der Waals surface area contributed by atoms with Crippen molar-refractivity contribution in [2.24, 2.45) is 14.8 Å². The van der Waals surface area contributed by atoms with Crippen molar-refractivity contribution < 1.29 is 17.6 Å². The van der Waals surface area contributed by atoms with Crippen molar-refractivity contribution in [2.75, 3.05) is 7.11 Å². The summed E-state index contributed by atoms with van der Waals surface area (Å²) in [7, 11) is -2.41. The number of nitrogens with one attached hydrogen (secondary N) is 1. The normalized spacial score (nSPS) is 21.4. The average Bonchev–Trinajstić information content (AvgIpc) is 2.91. The molecule has 110 valence electrons. The highest BCUT2D eigenvalue weighted by Crippen LogP contribution is 2.36. The van der Waals surface area contributed by atoms with E-state index >= 15 is 0 Å². The number of furan rings is 1. The lowest BCUT2D eigenvalue weighted by Crippen LogP contribution is -2.30. The fraction of sp³-hybridized carbons (Fsp3) is 0.500. The van der Waals surface area contributed by atoms with Crippen molar-refractivity contribution in [1.29, 1.82) is 0 Å². The molecule has 0 saturated heterocycles. The van der Waals surface area contributed by atoms with Gasteiger partial charge >= 0.3 is 10.2 Å². The molecule has 0 fully saturated rings. The first-order valence-electron chi connectivity index (χ1n) is 6.00. The van der Waals surface area contributed by atoms with E-state index < -0.39 is 10.2 Å². The Hall–Kier alpha value is -1.83. The number of methoxy groups -OCH3 is 1. The number of hydrogen-bond donors (Lipinski definition) is 1. The largest absolute Gasteiger partial charge is 0.478 e. The molecule has 0 spiro atoms. The molecule has 0 saturated carbocycles. The van der Waals surface area contributed by atoms with Gasteiger partial charge in [-0.3, -0.25) is 4.99 Å². The number of aliphatic imine (C=N–C) groups is 1. The van der Waals surface area contributed by atoms with Crippen LogP contribution in [-0.4, -0.2) is 27.3 Å². The van der Waals surface area contributed by atoms with Gasteiger partial charge in [0.15, 0.2) is 0 Å². The molecule has 0 amide bonds. The Morgan fingerprint density at radius 3 is 2.65 bits per heavy atom. The Labute approximate surface area is 117 Å². The third kappa shape index (κ3) is 3.01. The number of nitrogens with zero attached hydrogens (tertiary/aromatic N) is 2. The van der Waals surface area contributed by atoms with E-state index in [1.807, 2.05) is 20.8 Å². The van der Waals surface area contributed by atoms with Crippen molar-refractivity contribution in [2.45, 2.75) is 26.8 Å². The van der Waals surface area contributed by atoms with Crippen LogP contribution in [0.3, 0.4) is 0 Å². The minimum absolute atomic E-state index is 0.0391. The molecule has 1 aromatic rings. The van der Waals surface area contributed by atoms with Crippen LogP contribution in [0.15, 0.2) is 32.4 Å². The molecule has 0 unspecified atom stereocenters. The van der Waals surface area contributed by atoms with E-state index in [9.17, 15) is 8.42 Å². The van der Waals surface area contributed by atoms with Gasteiger partial charge in [-0.2, -0.15) is 8.42 Å². The van der Waals surface area contributed by atoms with Crippen molar-refractivity contribution in [3.05, 3.63) is 24.2 Å². The summed E-state index contributed by atoms with van der Waals surface area (Å²) >= 11 is 0. The van der Waals surface area contributed by atoms with Gasteiger partial charge in [-0.15, -0.1) is 4.40 Å². The van der Waals surface area contributed by atoms with Gasteiger partial charge in [0, 0.05) is 5.56 Å². The van der Waals surface area contributed by atoms with Crippen LogP contribution < -0.4 is 4.72 Å². The molecule has 1 atom stereocenters. The fourth-order valence-corrected chi connectivity index (χ4v) is 2.69. The summed E-state index contributed by atoms with van der Waals surface area (Å²) in [6, 6.07) is 1.50. The number of rotatable bonds is 2. The standard InChI is InChI=1S/C12H17N3O4S/c1-12(2,3)9(8-5-6-19-7-8)13-10-11(18-4)15-20(16,17)14-10/h5-7,9H,1-4H3,(H,13,14)/t9-/m0/s1. The maximum atomic E-state index is 11.4. The lowest BCUT2D eigenvalue weighted by atomic mass is 9.84. The summed E-state index contributed by atoms with van der Waals surface area (Å²) < 4.78 is 38.6. The first kappa shape index (κ1) is 14.6. The Morgan fingerprint density at radius 1 is 1.45 bits per heavy atom. The second-order valence-electron chi connectivity index (χ2n) is 5.48. The third-order valence-corrected chi connectivity index (χ3v) is 3.62. The predicted octanol–water partition coefficient (Wildman–Crippen LogP) is 1.66. The molecular formula is C12H17N3O4S. The third-order valence-electron chi connectivity index (χ3n) is 2.76. The number of ether oxygens (including phenoxy) is 1. The summed E-state index contributed by atoms with van der Waals surface area (Å²) in [4.78, 5) is 4.45.